The molecule has 4 aromatic rings. The average Bonchev–Trinajstić information content (AvgIpc) is 3.09. The van der Waals surface area contributed by atoms with Crippen LogP contribution >= 0.6 is 0 Å². The highest BCUT2D eigenvalue weighted by Gasteiger charge is 2.41. The molecular formula is C39H32F11N3O5. The van der Waals surface area contributed by atoms with E-state index in [2.05, 4.69) is 5.32 Å². The summed E-state index contributed by atoms with van der Waals surface area (Å²) in [5.41, 5.74) is -8.81. The molecule has 4 bridgehead atoms. The average molecular weight is 832 g/mol. The van der Waals surface area contributed by atoms with Crippen LogP contribution < -0.4 is 15.6 Å². The Labute approximate surface area is 322 Å². The first-order valence-electron chi connectivity index (χ1n) is 17.6. The first kappa shape index (κ1) is 42.2. The largest absolute Gasteiger partial charge is 0.466 e. The lowest BCUT2D eigenvalue weighted by atomic mass is 9.90. The van der Waals surface area contributed by atoms with Crippen molar-refractivity contribution in [1.82, 2.24) is 14.8 Å². The molecule has 1 aromatic heterocycles. The number of fused-ring (bicyclic) bond motifs is 6. The maximum absolute atomic E-state index is 16.2. The number of carbonyl (C=O) groups is 2. The van der Waals surface area contributed by atoms with Crippen LogP contribution in [0.4, 0.5) is 48.3 Å². The molecule has 0 spiro atoms. The summed E-state index contributed by atoms with van der Waals surface area (Å²) in [5.74, 6) is -5.43. The molecule has 0 radical (unpaired) electrons. The van der Waals surface area contributed by atoms with E-state index in [1.165, 1.54) is 30.0 Å². The molecule has 2 aliphatic heterocycles. The number of halogens is 11. The zero-order valence-corrected chi connectivity index (χ0v) is 30.3. The molecule has 1 N–H and O–H groups in total. The molecule has 8 nitrogen and oxygen atoms in total. The van der Waals surface area contributed by atoms with Crippen molar-refractivity contribution in [1.29, 1.82) is 0 Å². The minimum atomic E-state index is -5.44. The van der Waals surface area contributed by atoms with Crippen LogP contribution in [0.25, 0.3) is 11.1 Å². The molecule has 6 rings (SSSR count). The standard InChI is InChI=1S/C39H32F11N3O5/c1-3-57-32(55)15-29-26-11-22(12-28(34(26)41)39(48,49)50)33-19(2)9-23(37(42,43)44)13-30(33)58-25-6-4-5-20(10-25)35(36(56)51-29)53-16-21(7-8-52-17-24(40)18-52)27(14-31(53)54)38(45,46)47/h4-6,9-14,16,24,29,35H,3,7-8,15,17-18H2,1-2H3,(H,51,56)/t29-,35?/m0/s1. The number of aryl methyl sites for hydroxylation is 1. The predicted octanol–water partition coefficient (Wildman–Crippen LogP) is 8.72. The number of likely N-dealkylation sites (tertiary alicyclic amines) is 1. The van der Waals surface area contributed by atoms with Crippen LogP contribution in [-0.4, -0.2) is 53.8 Å². The van der Waals surface area contributed by atoms with Crippen molar-refractivity contribution >= 4 is 11.9 Å². The minimum absolute atomic E-state index is 0.0540. The second kappa shape index (κ2) is 15.7. The normalized spacial score (nSPS) is 17.8. The van der Waals surface area contributed by atoms with Crippen molar-refractivity contribution in [3.8, 4) is 22.6 Å². The fourth-order valence-corrected chi connectivity index (χ4v) is 7.03. The van der Waals surface area contributed by atoms with Gasteiger partial charge in [0.1, 0.15) is 29.5 Å². The lowest BCUT2D eigenvalue weighted by Crippen LogP contribution is -2.49. The number of aromatic nitrogens is 1. The summed E-state index contributed by atoms with van der Waals surface area (Å²) in [6.07, 6.45) is -17.4. The molecule has 0 aliphatic carbocycles. The molecular weight excluding hydrogens is 799 g/mol. The van der Waals surface area contributed by atoms with Crippen LogP contribution in [0.1, 0.15) is 64.4 Å². The molecule has 0 saturated carbocycles. The Balaban J connectivity index is 1.63. The lowest BCUT2D eigenvalue weighted by Gasteiger charge is -2.34. The molecule has 310 valence electrons. The van der Waals surface area contributed by atoms with Crippen LogP contribution in [0.5, 0.6) is 11.5 Å². The first-order chi connectivity index (χ1) is 27.0. The monoisotopic (exact) mass is 831 g/mol. The zero-order valence-electron chi connectivity index (χ0n) is 30.3. The van der Waals surface area contributed by atoms with Gasteiger partial charge in [-0.3, -0.25) is 23.9 Å². The predicted molar refractivity (Wildman–Crippen MR) is 184 cm³/mol. The van der Waals surface area contributed by atoms with E-state index in [1.54, 1.807) is 0 Å². The third-order valence-corrected chi connectivity index (χ3v) is 9.70. The fourth-order valence-electron chi connectivity index (χ4n) is 7.03. The summed E-state index contributed by atoms with van der Waals surface area (Å²) >= 11 is 0. The van der Waals surface area contributed by atoms with Crippen LogP contribution in [-0.2, 0) is 39.3 Å². The number of alkyl halides is 10. The third-order valence-electron chi connectivity index (χ3n) is 9.70. The molecule has 1 unspecified atom stereocenters. The SMILES string of the molecule is CCOC(=O)C[C@@H]1NC(=O)C(n2cc(CCN3CC(F)C3)c(C(F)(F)F)cc2=O)c2cccc(c2)Oc2cc(C(F)(F)F)cc(C)c2-c2cc1c(F)c(C(F)(F)F)c2. The topological polar surface area (TPSA) is 89.9 Å². The van der Waals surface area contributed by atoms with Crippen molar-refractivity contribution < 1.29 is 67.4 Å². The van der Waals surface area contributed by atoms with Gasteiger partial charge in [-0.1, -0.05) is 12.1 Å². The van der Waals surface area contributed by atoms with Crippen molar-refractivity contribution in [2.45, 2.75) is 63.5 Å². The van der Waals surface area contributed by atoms with Gasteiger partial charge in [-0.25, -0.2) is 8.78 Å². The Morgan fingerprint density at radius 3 is 2.22 bits per heavy atom. The van der Waals surface area contributed by atoms with E-state index >= 15 is 4.39 Å². The number of carbonyl (C=O) groups excluding carboxylic acids is 2. The first-order valence-corrected chi connectivity index (χ1v) is 17.6. The van der Waals surface area contributed by atoms with Crippen LogP contribution in [0, 0.1) is 12.7 Å². The number of ether oxygens (including phenoxy) is 2. The number of nitrogens with one attached hydrogen (secondary N) is 1. The number of hydrogen-bond donors (Lipinski definition) is 1. The van der Waals surface area contributed by atoms with E-state index in [9.17, 15) is 58.3 Å². The van der Waals surface area contributed by atoms with Crippen molar-refractivity contribution in [3.05, 3.63) is 116 Å². The number of nitrogens with zero attached hydrogens (tertiary/aromatic N) is 2. The minimum Gasteiger partial charge on any atom is -0.466 e. The number of hydrogen-bond acceptors (Lipinski definition) is 6. The molecule has 3 heterocycles. The summed E-state index contributed by atoms with van der Waals surface area (Å²) in [6, 6.07) is 3.16. The summed E-state index contributed by atoms with van der Waals surface area (Å²) < 4.78 is 170. The van der Waals surface area contributed by atoms with Gasteiger partial charge in [0.15, 0.2) is 0 Å². The Morgan fingerprint density at radius 2 is 1.60 bits per heavy atom. The summed E-state index contributed by atoms with van der Waals surface area (Å²) in [6.45, 7) is 2.07. The van der Waals surface area contributed by atoms with Gasteiger partial charge in [0.05, 0.1) is 35.8 Å². The van der Waals surface area contributed by atoms with Crippen molar-refractivity contribution in [2.24, 2.45) is 0 Å². The molecule has 2 aliphatic rings. The number of esters is 1. The Bertz CT molecular complexity index is 2300. The Kier molecular flexibility index (Phi) is 11.4. The van der Waals surface area contributed by atoms with Crippen LogP contribution in [0.3, 0.4) is 0 Å². The van der Waals surface area contributed by atoms with E-state index in [0.29, 0.717) is 22.8 Å². The maximum Gasteiger partial charge on any atom is 0.419 e. The van der Waals surface area contributed by atoms with E-state index in [4.69, 9.17) is 9.47 Å². The molecule has 3 aromatic carbocycles. The van der Waals surface area contributed by atoms with Crippen molar-refractivity contribution in [2.75, 3.05) is 26.2 Å². The highest BCUT2D eigenvalue weighted by atomic mass is 19.4. The second-order valence-electron chi connectivity index (χ2n) is 13.8. The molecule has 1 amide bonds. The van der Waals surface area contributed by atoms with E-state index in [-0.39, 0.29) is 61.2 Å². The quantitative estimate of drug-likeness (QED) is 0.148. The second-order valence-corrected chi connectivity index (χ2v) is 13.8. The lowest BCUT2D eigenvalue weighted by molar-refractivity contribution is -0.144. The summed E-state index contributed by atoms with van der Waals surface area (Å²) in [4.78, 5) is 42.5. The highest BCUT2D eigenvalue weighted by Crippen LogP contribution is 2.46. The number of benzene rings is 3. The van der Waals surface area contributed by atoms with Gasteiger partial charge in [-0.15, -0.1) is 0 Å². The van der Waals surface area contributed by atoms with Gasteiger partial charge < -0.3 is 14.8 Å². The van der Waals surface area contributed by atoms with Crippen LogP contribution in [0.15, 0.2) is 65.6 Å². The van der Waals surface area contributed by atoms with Crippen LogP contribution in [0.2, 0.25) is 0 Å². The van der Waals surface area contributed by atoms with E-state index in [1.807, 2.05) is 0 Å². The zero-order chi connectivity index (χ0) is 42.5. The maximum atomic E-state index is 16.2. The Morgan fingerprint density at radius 1 is 0.914 bits per heavy atom. The molecule has 58 heavy (non-hydrogen) atoms. The number of pyridine rings is 1. The fraction of sp³-hybridized carbons (Fsp3) is 0.359. The summed E-state index contributed by atoms with van der Waals surface area (Å²) in [7, 11) is 0. The Hall–Kier alpha value is -5.46. The van der Waals surface area contributed by atoms with Gasteiger partial charge in [0.2, 0.25) is 5.91 Å². The number of amides is 1. The van der Waals surface area contributed by atoms with E-state index < -0.39 is 106 Å². The van der Waals surface area contributed by atoms with Crippen molar-refractivity contribution in [3.63, 3.8) is 0 Å². The number of rotatable bonds is 7. The molecule has 19 heteroatoms. The third kappa shape index (κ3) is 8.83. The smallest absolute Gasteiger partial charge is 0.419 e. The highest BCUT2D eigenvalue weighted by molar-refractivity contribution is 5.85. The van der Waals surface area contributed by atoms with Gasteiger partial charge >= 0.3 is 24.5 Å². The van der Waals surface area contributed by atoms with E-state index in [0.717, 1.165) is 25.3 Å². The molecule has 1 fully saturated rings. The molecule has 2 atom stereocenters. The van der Waals surface area contributed by atoms with Gasteiger partial charge in [-0.2, -0.15) is 39.5 Å². The van der Waals surface area contributed by atoms with Gasteiger partial charge in [0.25, 0.3) is 5.56 Å². The van der Waals surface area contributed by atoms with Gasteiger partial charge in [0, 0.05) is 43.0 Å². The summed E-state index contributed by atoms with van der Waals surface area (Å²) in [5, 5.41) is 2.29. The van der Waals surface area contributed by atoms with Gasteiger partial charge in [-0.05, 0) is 78.9 Å². The molecule has 1 saturated heterocycles.